The summed E-state index contributed by atoms with van der Waals surface area (Å²) < 4.78 is 13.1. The van der Waals surface area contributed by atoms with Crippen molar-refractivity contribution in [3.05, 3.63) is 40.8 Å². The molecule has 3 rings (SSSR count). The molecule has 0 aliphatic heterocycles. The van der Waals surface area contributed by atoms with Crippen LogP contribution < -0.4 is 9.47 Å². The smallest absolute Gasteiger partial charge is 0.184 e. The maximum absolute atomic E-state index is 5.44. The summed E-state index contributed by atoms with van der Waals surface area (Å²) in [5.74, 6) is 1.43. The Kier molecular flexibility index (Phi) is 3.39. The minimum atomic E-state index is 0.564. The van der Waals surface area contributed by atoms with Crippen molar-refractivity contribution in [3.63, 3.8) is 0 Å². The molecule has 1 N–H and O–H groups in total. The SMILES string of the molecule is COc1ccc(OC)c(-n2c(=S)[nH]c3cc(C)cnc32)c1. The van der Waals surface area contributed by atoms with E-state index in [1.54, 1.807) is 14.2 Å². The van der Waals surface area contributed by atoms with Gasteiger partial charge in [-0.05, 0) is 42.9 Å². The summed E-state index contributed by atoms with van der Waals surface area (Å²) in [6.45, 7) is 1.99. The van der Waals surface area contributed by atoms with Crippen molar-refractivity contribution in [2.45, 2.75) is 6.92 Å². The van der Waals surface area contributed by atoms with Crippen molar-refractivity contribution < 1.29 is 9.47 Å². The van der Waals surface area contributed by atoms with Gasteiger partial charge in [0.15, 0.2) is 10.4 Å². The Balaban J connectivity index is 2.34. The molecule has 0 bridgehead atoms. The molecule has 2 aromatic heterocycles. The maximum atomic E-state index is 5.44. The number of imidazole rings is 1. The molecule has 0 saturated heterocycles. The number of pyridine rings is 1. The summed E-state index contributed by atoms with van der Waals surface area (Å²) in [6.07, 6.45) is 1.81. The first-order chi connectivity index (χ1) is 10.1. The second kappa shape index (κ2) is 5.21. The van der Waals surface area contributed by atoms with Crippen LogP contribution in [0.4, 0.5) is 0 Å². The molecule has 5 nitrogen and oxygen atoms in total. The van der Waals surface area contributed by atoms with Gasteiger partial charge in [0, 0.05) is 12.3 Å². The summed E-state index contributed by atoms with van der Waals surface area (Å²) in [4.78, 5) is 7.65. The van der Waals surface area contributed by atoms with E-state index in [2.05, 4.69) is 9.97 Å². The van der Waals surface area contributed by atoms with Crippen molar-refractivity contribution in [3.8, 4) is 17.2 Å². The fraction of sp³-hybridized carbons (Fsp3) is 0.200. The fourth-order valence-electron chi connectivity index (χ4n) is 2.29. The van der Waals surface area contributed by atoms with Crippen molar-refractivity contribution in [2.24, 2.45) is 0 Å². The largest absolute Gasteiger partial charge is 0.497 e. The molecule has 0 atom stereocenters. The van der Waals surface area contributed by atoms with E-state index >= 15 is 0 Å². The average Bonchev–Trinajstić information content (AvgIpc) is 2.81. The molecule has 108 valence electrons. The second-order valence-corrected chi connectivity index (χ2v) is 5.07. The Morgan fingerprint density at radius 1 is 1.19 bits per heavy atom. The van der Waals surface area contributed by atoms with Gasteiger partial charge in [-0.2, -0.15) is 0 Å². The normalized spacial score (nSPS) is 10.8. The number of aromatic amines is 1. The lowest BCUT2D eigenvalue weighted by Crippen LogP contribution is -2.00. The minimum Gasteiger partial charge on any atom is -0.497 e. The van der Waals surface area contributed by atoms with Crippen molar-refractivity contribution in [1.82, 2.24) is 14.5 Å². The number of rotatable bonds is 3. The van der Waals surface area contributed by atoms with Crippen LogP contribution in [0.5, 0.6) is 11.5 Å². The van der Waals surface area contributed by atoms with Crippen LogP contribution in [0.1, 0.15) is 5.56 Å². The highest BCUT2D eigenvalue weighted by atomic mass is 32.1. The van der Waals surface area contributed by atoms with Gasteiger partial charge in [-0.15, -0.1) is 0 Å². The quantitative estimate of drug-likeness (QED) is 0.753. The zero-order chi connectivity index (χ0) is 15.0. The first kappa shape index (κ1) is 13.6. The van der Waals surface area contributed by atoms with Gasteiger partial charge >= 0.3 is 0 Å². The number of benzene rings is 1. The van der Waals surface area contributed by atoms with Gasteiger partial charge in [0.1, 0.15) is 11.5 Å². The van der Waals surface area contributed by atoms with Gasteiger partial charge in [0.25, 0.3) is 0 Å². The first-order valence-electron chi connectivity index (χ1n) is 6.44. The van der Waals surface area contributed by atoms with E-state index in [0.717, 1.165) is 28.2 Å². The second-order valence-electron chi connectivity index (χ2n) is 4.69. The van der Waals surface area contributed by atoms with Crippen LogP contribution in [0.3, 0.4) is 0 Å². The van der Waals surface area contributed by atoms with E-state index in [9.17, 15) is 0 Å². The predicted octanol–water partition coefficient (Wildman–Crippen LogP) is 3.41. The highest BCUT2D eigenvalue weighted by molar-refractivity contribution is 7.71. The Labute approximate surface area is 127 Å². The van der Waals surface area contributed by atoms with Crippen LogP contribution in [0.2, 0.25) is 0 Å². The summed E-state index contributed by atoms with van der Waals surface area (Å²) in [7, 11) is 3.25. The maximum Gasteiger partial charge on any atom is 0.184 e. The molecule has 0 aliphatic carbocycles. The number of ether oxygens (including phenoxy) is 2. The number of nitrogens with one attached hydrogen (secondary N) is 1. The van der Waals surface area contributed by atoms with Gasteiger partial charge in [-0.25, -0.2) is 4.98 Å². The standard InChI is InChI=1S/C15H15N3O2S/c1-9-6-11-14(16-8-9)18(15(21)17-11)12-7-10(19-2)4-5-13(12)20-3/h4-8H,1-3H3,(H,17,21). The Morgan fingerprint density at radius 3 is 2.71 bits per heavy atom. The number of nitrogens with zero attached hydrogens (tertiary/aromatic N) is 2. The highest BCUT2D eigenvalue weighted by Gasteiger charge is 2.13. The lowest BCUT2D eigenvalue weighted by molar-refractivity contribution is 0.401. The van der Waals surface area contributed by atoms with E-state index < -0.39 is 0 Å². The van der Waals surface area contributed by atoms with Crippen molar-refractivity contribution in [2.75, 3.05) is 14.2 Å². The number of aromatic nitrogens is 3. The minimum absolute atomic E-state index is 0.564. The molecule has 6 heteroatoms. The molecule has 0 unspecified atom stereocenters. The van der Waals surface area contributed by atoms with Crippen molar-refractivity contribution in [1.29, 1.82) is 0 Å². The number of hydrogen-bond acceptors (Lipinski definition) is 4. The van der Waals surface area contributed by atoms with Gasteiger partial charge in [-0.1, -0.05) is 0 Å². The molecule has 0 saturated carbocycles. The number of fused-ring (bicyclic) bond motifs is 1. The first-order valence-corrected chi connectivity index (χ1v) is 6.84. The lowest BCUT2D eigenvalue weighted by atomic mass is 10.2. The molecular formula is C15H15N3O2S. The molecule has 21 heavy (non-hydrogen) atoms. The monoisotopic (exact) mass is 301 g/mol. The van der Waals surface area contributed by atoms with Gasteiger partial charge < -0.3 is 14.5 Å². The van der Waals surface area contributed by atoms with Gasteiger partial charge in [0.2, 0.25) is 0 Å². The lowest BCUT2D eigenvalue weighted by Gasteiger charge is -2.11. The molecule has 0 aliphatic rings. The topological polar surface area (TPSA) is 52.1 Å². The fourth-order valence-corrected chi connectivity index (χ4v) is 2.59. The number of H-pyrrole nitrogens is 1. The van der Waals surface area contributed by atoms with Crippen LogP contribution in [-0.2, 0) is 0 Å². The Hall–Kier alpha value is -2.34. The van der Waals surface area contributed by atoms with Gasteiger partial charge in [-0.3, -0.25) is 4.57 Å². The third-order valence-corrected chi connectivity index (χ3v) is 3.57. The molecule has 0 spiro atoms. The molecule has 0 fully saturated rings. The average molecular weight is 301 g/mol. The zero-order valence-corrected chi connectivity index (χ0v) is 12.8. The van der Waals surface area contributed by atoms with E-state index in [4.69, 9.17) is 21.7 Å². The van der Waals surface area contributed by atoms with E-state index in [1.165, 1.54) is 0 Å². The Bertz CT molecular complexity index is 867. The molecule has 3 aromatic rings. The highest BCUT2D eigenvalue weighted by Crippen LogP contribution is 2.30. The molecule has 0 amide bonds. The number of methoxy groups -OCH3 is 2. The van der Waals surface area contributed by atoms with Crippen molar-refractivity contribution >= 4 is 23.4 Å². The molecule has 1 aromatic carbocycles. The van der Waals surface area contributed by atoms with E-state index in [0.29, 0.717) is 10.5 Å². The summed E-state index contributed by atoms with van der Waals surface area (Å²) in [5, 5.41) is 0. The zero-order valence-electron chi connectivity index (χ0n) is 12.0. The molecule has 2 heterocycles. The van der Waals surface area contributed by atoms with E-state index in [1.807, 2.05) is 42.0 Å². The number of aryl methyl sites for hydroxylation is 1. The van der Waals surface area contributed by atoms with Crippen LogP contribution in [0, 0.1) is 11.7 Å². The third-order valence-electron chi connectivity index (χ3n) is 3.29. The summed E-state index contributed by atoms with van der Waals surface area (Å²) >= 11 is 5.44. The van der Waals surface area contributed by atoms with Crippen LogP contribution in [0.15, 0.2) is 30.5 Å². The summed E-state index contributed by atoms with van der Waals surface area (Å²) in [6, 6.07) is 7.59. The Morgan fingerprint density at radius 2 is 2.00 bits per heavy atom. The van der Waals surface area contributed by atoms with Crippen LogP contribution in [0.25, 0.3) is 16.9 Å². The van der Waals surface area contributed by atoms with Gasteiger partial charge in [0.05, 0.1) is 25.4 Å². The third kappa shape index (κ3) is 2.27. The predicted molar refractivity (Wildman–Crippen MR) is 84.1 cm³/mol. The molecule has 0 radical (unpaired) electrons. The van der Waals surface area contributed by atoms with Crippen LogP contribution >= 0.6 is 12.2 Å². The van der Waals surface area contributed by atoms with Crippen LogP contribution in [-0.4, -0.2) is 28.8 Å². The summed E-state index contributed by atoms with van der Waals surface area (Å²) in [5.41, 5.74) is 3.52. The number of hydrogen-bond donors (Lipinski definition) is 1. The van der Waals surface area contributed by atoms with E-state index in [-0.39, 0.29) is 0 Å². The molecular weight excluding hydrogens is 286 g/mol.